The van der Waals surface area contributed by atoms with Crippen LogP contribution in [0.4, 0.5) is 4.79 Å². The van der Waals surface area contributed by atoms with Crippen molar-refractivity contribution in [2.45, 2.75) is 19.4 Å². The summed E-state index contributed by atoms with van der Waals surface area (Å²) in [7, 11) is 0. The van der Waals surface area contributed by atoms with Gasteiger partial charge in [0.25, 0.3) is 0 Å². The molecule has 0 radical (unpaired) electrons. The van der Waals surface area contributed by atoms with E-state index in [-0.39, 0.29) is 6.42 Å². The maximum Gasteiger partial charge on any atom is 0.312 e. The van der Waals surface area contributed by atoms with Gasteiger partial charge < -0.3 is 16.2 Å². The van der Waals surface area contributed by atoms with E-state index in [4.69, 9.17) is 10.8 Å². The Morgan fingerprint density at radius 2 is 1.94 bits per heavy atom. The van der Waals surface area contributed by atoms with Crippen molar-refractivity contribution in [2.75, 3.05) is 0 Å². The molecular formula is C11H14N2O3. The van der Waals surface area contributed by atoms with Crippen LogP contribution in [0.3, 0.4) is 0 Å². The first-order valence-corrected chi connectivity index (χ1v) is 4.83. The Kier molecular flexibility index (Phi) is 3.88. The van der Waals surface area contributed by atoms with E-state index in [9.17, 15) is 9.59 Å². The molecule has 4 N–H and O–H groups in total. The summed E-state index contributed by atoms with van der Waals surface area (Å²) >= 11 is 0. The highest BCUT2D eigenvalue weighted by Gasteiger charge is 2.16. The number of aryl methyl sites for hydroxylation is 1. The Morgan fingerprint density at radius 1 is 1.38 bits per heavy atom. The quantitative estimate of drug-likeness (QED) is 0.714. The molecule has 1 aromatic carbocycles. The molecule has 1 aromatic rings. The van der Waals surface area contributed by atoms with E-state index in [0.29, 0.717) is 0 Å². The SMILES string of the molecule is Cc1ccc([C@H](CC(=O)O)NC(N)=O)cc1. The number of urea groups is 1. The Balaban J connectivity index is 2.86. The van der Waals surface area contributed by atoms with Gasteiger partial charge in [-0.3, -0.25) is 4.79 Å². The molecule has 0 aromatic heterocycles. The fourth-order valence-electron chi connectivity index (χ4n) is 1.40. The van der Waals surface area contributed by atoms with Gasteiger partial charge in [-0.2, -0.15) is 0 Å². The number of amides is 2. The number of aliphatic carboxylic acids is 1. The standard InChI is InChI=1S/C11H14N2O3/c1-7-2-4-8(5-3-7)9(6-10(14)15)13-11(12)16/h2-5,9H,6H2,1H3,(H,14,15)(H3,12,13,16)/t9-/m0/s1. The van der Waals surface area contributed by atoms with Gasteiger partial charge in [0.1, 0.15) is 0 Å². The molecule has 0 aliphatic heterocycles. The lowest BCUT2D eigenvalue weighted by molar-refractivity contribution is -0.137. The number of carboxylic acids is 1. The van der Waals surface area contributed by atoms with E-state index in [0.717, 1.165) is 11.1 Å². The molecule has 0 fully saturated rings. The van der Waals surface area contributed by atoms with Crippen molar-refractivity contribution in [3.8, 4) is 0 Å². The van der Waals surface area contributed by atoms with Gasteiger partial charge in [0.2, 0.25) is 0 Å². The molecule has 0 spiro atoms. The molecule has 0 aliphatic carbocycles. The fourth-order valence-corrected chi connectivity index (χ4v) is 1.40. The summed E-state index contributed by atoms with van der Waals surface area (Å²) in [4.78, 5) is 21.4. The van der Waals surface area contributed by atoms with Crippen LogP contribution < -0.4 is 11.1 Å². The first kappa shape index (κ1) is 12.0. The minimum Gasteiger partial charge on any atom is -0.481 e. The van der Waals surface area contributed by atoms with Crippen LogP contribution >= 0.6 is 0 Å². The van der Waals surface area contributed by atoms with Gasteiger partial charge in [-0.05, 0) is 12.5 Å². The Morgan fingerprint density at radius 3 is 2.38 bits per heavy atom. The third-order valence-electron chi connectivity index (χ3n) is 2.17. The number of primary amides is 1. The average molecular weight is 222 g/mol. The van der Waals surface area contributed by atoms with Crippen molar-refractivity contribution >= 4 is 12.0 Å². The predicted molar refractivity (Wildman–Crippen MR) is 58.9 cm³/mol. The van der Waals surface area contributed by atoms with Crippen molar-refractivity contribution in [3.63, 3.8) is 0 Å². The van der Waals surface area contributed by atoms with Crippen LogP contribution in [-0.2, 0) is 4.79 Å². The van der Waals surface area contributed by atoms with Crippen LogP contribution in [0.1, 0.15) is 23.6 Å². The molecule has 0 saturated heterocycles. The van der Waals surface area contributed by atoms with Gasteiger partial charge in [0.15, 0.2) is 0 Å². The Hall–Kier alpha value is -2.04. The molecule has 86 valence electrons. The third-order valence-corrected chi connectivity index (χ3v) is 2.17. The molecular weight excluding hydrogens is 208 g/mol. The summed E-state index contributed by atoms with van der Waals surface area (Å²) in [6.45, 7) is 1.93. The number of carbonyl (C=O) groups excluding carboxylic acids is 1. The summed E-state index contributed by atoms with van der Waals surface area (Å²) < 4.78 is 0. The zero-order valence-corrected chi connectivity index (χ0v) is 8.93. The molecule has 1 atom stereocenters. The van der Waals surface area contributed by atoms with Crippen LogP contribution in [0, 0.1) is 6.92 Å². The largest absolute Gasteiger partial charge is 0.481 e. The minimum atomic E-state index is -0.987. The number of carboxylic acid groups (broad SMARTS) is 1. The van der Waals surface area contributed by atoms with Crippen LogP contribution in [0.15, 0.2) is 24.3 Å². The van der Waals surface area contributed by atoms with E-state index in [2.05, 4.69) is 5.32 Å². The molecule has 5 nitrogen and oxygen atoms in total. The summed E-state index contributed by atoms with van der Waals surface area (Å²) in [6.07, 6.45) is -0.188. The highest BCUT2D eigenvalue weighted by molar-refractivity contribution is 5.74. The highest BCUT2D eigenvalue weighted by atomic mass is 16.4. The fraction of sp³-hybridized carbons (Fsp3) is 0.273. The second-order valence-corrected chi connectivity index (χ2v) is 3.57. The second-order valence-electron chi connectivity index (χ2n) is 3.57. The number of carbonyl (C=O) groups is 2. The van der Waals surface area contributed by atoms with Crippen LogP contribution in [-0.4, -0.2) is 17.1 Å². The zero-order valence-electron chi connectivity index (χ0n) is 8.93. The van der Waals surface area contributed by atoms with Gasteiger partial charge in [0.05, 0.1) is 12.5 Å². The Bertz CT molecular complexity index is 371. The summed E-state index contributed by atoms with van der Waals surface area (Å²) in [6, 6.07) is 5.94. The molecule has 1 rings (SSSR count). The van der Waals surface area contributed by atoms with Gasteiger partial charge in [-0.25, -0.2) is 4.79 Å². The smallest absolute Gasteiger partial charge is 0.312 e. The summed E-state index contributed by atoms with van der Waals surface area (Å²) in [5, 5.41) is 11.1. The second kappa shape index (κ2) is 5.16. The molecule has 0 saturated carbocycles. The topological polar surface area (TPSA) is 92.4 Å². The zero-order chi connectivity index (χ0) is 12.1. The lowest BCUT2D eigenvalue weighted by Crippen LogP contribution is -2.34. The Labute approximate surface area is 93.3 Å². The molecule has 16 heavy (non-hydrogen) atoms. The number of nitrogens with one attached hydrogen (secondary N) is 1. The molecule has 0 aliphatic rings. The minimum absolute atomic E-state index is 0.188. The lowest BCUT2D eigenvalue weighted by Gasteiger charge is -2.15. The molecule has 0 bridgehead atoms. The predicted octanol–water partition coefficient (Wildman–Crippen LogP) is 1.18. The maximum absolute atomic E-state index is 10.7. The lowest BCUT2D eigenvalue weighted by atomic mass is 10.0. The van der Waals surface area contributed by atoms with E-state index in [1.165, 1.54) is 0 Å². The van der Waals surface area contributed by atoms with Crippen molar-refractivity contribution in [2.24, 2.45) is 5.73 Å². The van der Waals surface area contributed by atoms with Gasteiger partial charge in [-0.15, -0.1) is 0 Å². The van der Waals surface area contributed by atoms with Crippen LogP contribution in [0.25, 0.3) is 0 Å². The van der Waals surface area contributed by atoms with E-state index < -0.39 is 18.0 Å². The van der Waals surface area contributed by atoms with Crippen molar-refractivity contribution in [3.05, 3.63) is 35.4 Å². The number of nitrogens with two attached hydrogens (primary N) is 1. The van der Waals surface area contributed by atoms with Gasteiger partial charge in [-0.1, -0.05) is 29.8 Å². The molecule has 0 heterocycles. The third kappa shape index (κ3) is 3.61. The van der Waals surface area contributed by atoms with Gasteiger partial charge >= 0.3 is 12.0 Å². The van der Waals surface area contributed by atoms with Crippen molar-refractivity contribution in [1.29, 1.82) is 0 Å². The van der Waals surface area contributed by atoms with E-state index in [1.54, 1.807) is 12.1 Å². The monoisotopic (exact) mass is 222 g/mol. The van der Waals surface area contributed by atoms with Crippen LogP contribution in [0.5, 0.6) is 0 Å². The maximum atomic E-state index is 10.7. The first-order valence-electron chi connectivity index (χ1n) is 4.83. The molecule has 5 heteroatoms. The average Bonchev–Trinajstić information content (AvgIpc) is 2.16. The highest BCUT2D eigenvalue weighted by Crippen LogP contribution is 2.17. The van der Waals surface area contributed by atoms with Crippen molar-refractivity contribution < 1.29 is 14.7 Å². The number of rotatable bonds is 4. The number of hydrogen-bond acceptors (Lipinski definition) is 2. The summed E-state index contributed by atoms with van der Waals surface area (Å²) in [5.41, 5.74) is 6.79. The van der Waals surface area contributed by atoms with Crippen molar-refractivity contribution in [1.82, 2.24) is 5.32 Å². The molecule has 0 unspecified atom stereocenters. The van der Waals surface area contributed by atoms with E-state index in [1.807, 2.05) is 19.1 Å². The van der Waals surface area contributed by atoms with E-state index >= 15 is 0 Å². The van der Waals surface area contributed by atoms with Gasteiger partial charge in [0, 0.05) is 0 Å². The number of benzene rings is 1. The first-order chi connectivity index (χ1) is 7.49. The number of hydrogen-bond donors (Lipinski definition) is 3. The molecule has 2 amide bonds. The summed E-state index contributed by atoms with van der Waals surface area (Å²) in [5.74, 6) is -0.987. The van der Waals surface area contributed by atoms with Crippen LogP contribution in [0.2, 0.25) is 0 Å². The normalized spacial score (nSPS) is 11.8.